The first-order chi connectivity index (χ1) is 9.46. The van der Waals surface area contributed by atoms with Crippen LogP contribution in [0, 0.1) is 10.1 Å². The quantitative estimate of drug-likeness (QED) is 0.615. The summed E-state index contributed by atoms with van der Waals surface area (Å²) in [6.07, 6.45) is 0.0357. The first kappa shape index (κ1) is 13.0. The third-order valence-electron chi connectivity index (χ3n) is 3.62. The summed E-state index contributed by atoms with van der Waals surface area (Å²) in [6.45, 7) is 0.684. The van der Waals surface area contributed by atoms with Crippen molar-refractivity contribution in [3.8, 4) is 5.75 Å². The smallest absolute Gasteiger partial charge is 0.366 e. The lowest BCUT2D eigenvalue weighted by molar-refractivity contribution is -0.389. The van der Waals surface area contributed by atoms with Gasteiger partial charge in [0.25, 0.3) is 11.7 Å². The predicted molar refractivity (Wildman–Crippen MR) is 66.5 cm³/mol. The second kappa shape index (κ2) is 4.53. The first-order valence-corrected chi connectivity index (χ1v) is 6.40. The number of anilines is 1. The number of rotatable bonds is 2. The number of nitrogens with zero attached hydrogens (tertiary/aromatic N) is 3. The van der Waals surface area contributed by atoms with Crippen molar-refractivity contribution < 1.29 is 18.4 Å². The van der Waals surface area contributed by atoms with Crippen molar-refractivity contribution in [2.24, 2.45) is 0 Å². The summed E-state index contributed by atoms with van der Waals surface area (Å²) >= 11 is 0. The van der Waals surface area contributed by atoms with Gasteiger partial charge in [-0.25, -0.2) is 8.78 Å². The molecule has 0 aliphatic carbocycles. The van der Waals surface area contributed by atoms with Gasteiger partial charge < -0.3 is 19.8 Å². The molecule has 0 radical (unpaired) electrons. The van der Waals surface area contributed by atoms with Gasteiger partial charge in [-0.2, -0.15) is 0 Å². The molecule has 2 aliphatic heterocycles. The van der Waals surface area contributed by atoms with Crippen LogP contribution in [-0.4, -0.2) is 35.5 Å². The molecule has 20 heavy (non-hydrogen) atoms. The van der Waals surface area contributed by atoms with E-state index in [9.17, 15) is 18.9 Å². The fourth-order valence-corrected chi connectivity index (χ4v) is 2.52. The molecule has 0 N–H and O–H groups in total. The van der Waals surface area contributed by atoms with Crippen LogP contribution in [0.4, 0.5) is 20.4 Å². The van der Waals surface area contributed by atoms with Gasteiger partial charge in [0.2, 0.25) is 0 Å². The molecule has 0 atom stereocenters. The van der Waals surface area contributed by atoms with Crippen LogP contribution in [0.5, 0.6) is 5.75 Å². The molecular formula is C12H13F2N3O3. The zero-order valence-electron chi connectivity index (χ0n) is 10.6. The van der Waals surface area contributed by atoms with Crippen LogP contribution in [0.2, 0.25) is 0 Å². The van der Waals surface area contributed by atoms with Crippen LogP contribution in [0.25, 0.3) is 0 Å². The molecule has 0 amide bonds. The van der Waals surface area contributed by atoms with Crippen molar-refractivity contribution in [3.63, 3.8) is 0 Å². The Bertz CT molecular complexity index is 555. The van der Waals surface area contributed by atoms with Gasteiger partial charge in [0.05, 0.1) is 6.61 Å². The number of hydrogen-bond acceptors (Lipinski definition) is 5. The summed E-state index contributed by atoms with van der Waals surface area (Å²) in [5.41, 5.74) is 0.721. The zero-order valence-corrected chi connectivity index (χ0v) is 10.6. The largest absolute Gasteiger partial charge is 0.487 e. The van der Waals surface area contributed by atoms with Crippen LogP contribution in [0.3, 0.4) is 0 Å². The number of aromatic nitrogens is 1. The number of piperidine rings is 1. The van der Waals surface area contributed by atoms with Crippen LogP contribution in [0.15, 0.2) is 6.07 Å². The second-order valence-corrected chi connectivity index (χ2v) is 4.99. The monoisotopic (exact) mass is 285 g/mol. The van der Waals surface area contributed by atoms with Crippen molar-refractivity contribution >= 4 is 11.6 Å². The van der Waals surface area contributed by atoms with Crippen molar-refractivity contribution in [3.05, 3.63) is 21.7 Å². The van der Waals surface area contributed by atoms with E-state index in [-0.39, 0.29) is 31.7 Å². The van der Waals surface area contributed by atoms with E-state index in [0.29, 0.717) is 24.6 Å². The fraction of sp³-hybridized carbons (Fsp3) is 0.583. The van der Waals surface area contributed by atoms with Crippen molar-refractivity contribution in [1.29, 1.82) is 0 Å². The van der Waals surface area contributed by atoms with E-state index < -0.39 is 10.8 Å². The van der Waals surface area contributed by atoms with Gasteiger partial charge in [-0.1, -0.05) is 0 Å². The Balaban J connectivity index is 1.95. The maximum Gasteiger partial charge on any atom is 0.366 e. The molecule has 3 heterocycles. The molecule has 2 aliphatic rings. The average Bonchev–Trinajstić information content (AvgIpc) is 2.85. The summed E-state index contributed by atoms with van der Waals surface area (Å²) in [6, 6.07) is 1.39. The maximum absolute atomic E-state index is 13.2. The summed E-state index contributed by atoms with van der Waals surface area (Å²) in [7, 11) is 0. The Hall–Kier alpha value is -1.99. The molecule has 1 saturated heterocycles. The highest BCUT2D eigenvalue weighted by atomic mass is 19.3. The minimum absolute atomic E-state index is 0.122. The molecule has 1 fully saturated rings. The van der Waals surface area contributed by atoms with E-state index in [1.165, 1.54) is 6.07 Å². The van der Waals surface area contributed by atoms with E-state index in [0.717, 1.165) is 5.56 Å². The van der Waals surface area contributed by atoms with Crippen molar-refractivity contribution in [2.45, 2.75) is 25.2 Å². The number of pyridine rings is 1. The molecule has 1 aromatic rings. The third-order valence-corrected chi connectivity index (χ3v) is 3.62. The Morgan fingerprint density at radius 2 is 2.10 bits per heavy atom. The average molecular weight is 285 g/mol. The topological polar surface area (TPSA) is 68.5 Å². The lowest BCUT2D eigenvalue weighted by Gasteiger charge is -2.31. The highest BCUT2D eigenvalue weighted by molar-refractivity contribution is 5.61. The molecule has 0 bridgehead atoms. The van der Waals surface area contributed by atoms with E-state index >= 15 is 0 Å². The standard InChI is InChI=1S/C12H13F2N3O3/c13-12(14)2-4-16(5-3-12)11-10-8(1-6-20-10)7-9(15-11)17(18)19/h7H,1-6H2. The molecule has 3 rings (SSSR count). The lowest BCUT2D eigenvalue weighted by Crippen LogP contribution is -2.40. The molecule has 1 aromatic heterocycles. The normalized spacial score (nSPS) is 20.4. The molecule has 0 unspecified atom stereocenters. The van der Waals surface area contributed by atoms with Gasteiger partial charge in [0.15, 0.2) is 5.75 Å². The maximum atomic E-state index is 13.2. The van der Waals surface area contributed by atoms with Crippen molar-refractivity contribution in [2.75, 3.05) is 24.6 Å². The summed E-state index contributed by atoms with van der Waals surface area (Å²) < 4.78 is 31.8. The van der Waals surface area contributed by atoms with E-state index in [2.05, 4.69) is 4.98 Å². The second-order valence-electron chi connectivity index (χ2n) is 4.99. The summed E-state index contributed by atoms with van der Waals surface area (Å²) in [5.74, 6) is -2.11. The van der Waals surface area contributed by atoms with Crippen LogP contribution in [0.1, 0.15) is 18.4 Å². The number of alkyl halides is 2. The number of ether oxygens (including phenoxy) is 1. The highest BCUT2D eigenvalue weighted by Gasteiger charge is 2.38. The van der Waals surface area contributed by atoms with Crippen LogP contribution < -0.4 is 9.64 Å². The van der Waals surface area contributed by atoms with Crippen LogP contribution >= 0.6 is 0 Å². The fourth-order valence-electron chi connectivity index (χ4n) is 2.52. The molecule has 8 heteroatoms. The molecule has 0 saturated carbocycles. The van der Waals surface area contributed by atoms with Gasteiger partial charge in [-0.15, -0.1) is 0 Å². The Labute approximate surface area is 113 Å². The van der Waals surface area contributed by atoms with Gasteiger partial charge in [-0.3, -0.25) is 0 Å². The van der Waals surface area contributed by atoms with Gasteiger partial charge >= 0.3 is 5.82 Å². The predicted octanol–water partition coefficient (Wildman–Crippen LogP) is 2.16. The van der Waals surface area contributed by atoms with Gasteiger partial charge in [0.1, 0.15) is 0 Å². The molecular weight excluding hydrogens is 272 g/mol. The molecule has 108 valence electrons. The van der Waals surface area contributed by atoms with Crippen molar-refractivity contribution in [1.82, 2.24) is 4.98 Å². The number of fused-ring (bicyclic) bond motifs is 1. The van der Waals surface area contributed by atoms with Gasteiger partial charge in [-0.05, 0) is 9.91 Å². The lowest BCUT2D eigenvalue weighted by atomic mass is 10.1. The van der Waals surface area contributed by atoms with E-state index in [1.807, 2.05) is 0 Å². The van der Waals surface area contributed by atoms with E-state index in [1.54, 1.807) is 4.90 Å². The number of halogens is 2. The SMILES string of the molecule is O=[N+]([O-])c1cc2c(c(N3CCC(F)(F)CC3)n1)OCC2. The Morgan fingerprint density at radius 3 is 2.75 bits per heavy atom. The Kier molecular flexibility index (Phi) is 2.95. The van der Waals surface area contributed by atoms with Gasteiger partial charge in [0, 0.05) is 44.0 Å². The van der Waals surface area contributed by atoms with E-state index in [4.69, 9.17) is 4.74 Å². The third kappa shape index (κ3) is 2.25. The minimum atomic E-state index is -2.67. The van der Waals surface area contributed by atoms with Crippen LogP contribution in [-0.2, 0) is 6.42 Å². The summed E-state index contributed by atoms with van der Waals surface area (Å²) in [5, 5.41) is 10.9. The molecule has 6 nitrogen and oxygen atoms in total. The highest BCUT2D eigenvalue weighted by Crippen LogP contribution is 2.39. The summed E-state index contributed by atoms with van der Waals surface area (Å²) in [4.78, 5) is 16.0. The molecule has 0 aromatic carbocycles. The zero-order chi connectivity index (χ0) is 14.3. The first-order valence-electron chi connectivity index (χ1n) is 6.40. The number of nitro groups is 1. The minimum Gasteiger partial charge on any atom is -0.487 e. The number of hydrogen-bond donors (Lipinski definition) is 0. The Morgan fingerprint density at radius 1 is 1.40 bits per heavy atom. The molecule has 0 spiro atoms.